The van der Waals surface area contributed by atoms with Crippen LogP contribution in [0.3, 0.4) is 0 Å². The highest BCUT2D eigenvalue weighted by molar-refractivity contribution is 7.48. The van der Waals surface area contributed by atoms with Crippen LogP contribution in [0.1, 0.15) is 13.8 Å². The van der Waals surface area contributed by atoms with Gasteiger partial charge in [-0.2, -0.15) is 0 Å². The van der Waals surface area contributed by atoms with E-state index in [0.29, 0.717) is 5.75 Å². The van der Waals surface area contributed by atoms with Gasteiger partial charge in [-0.15, -0.1) is 0 Å². The number of hydrogen-bond donors (Lipinski definition) is 0. The molecule has 6 heteroatoms. The molecule has 0 aliphatic carbocycles. The Morgan fingerprint density at radius 2 is 1.89 bits per heavy atom. The Morgan fingerprint density at radius 3 is 2.58 bits per heavy atom. The summed E-state index contributed by atoms with van der Waals surface area (Å²) in [7, 11) is -3.55. The number of phosphoric acid groups is 1. The van der Waals surface area contributed by atoms with Crippen LogP contribution < -0.4 is 4.52 Å². The molecular formula is C13H16NO4P. The Morgan fingerprint density at radius 1 is 1.16 bits per heavy atom. The predicted octanol–water partition coefficient (Wildman–Crippen LogP) is 3.79. The highest BCUT2D eigenvalue weighted by Gasteiger charge is 2.27. The zero-order valence-electron chi connectivity index (χ0n) is 10.9. The summed E-state index contributed by atoms with van der Waals surface area (Å²) in [5, 5.41) is 0.984. The maximum atomic E-state index is 12.2. The van der Waals surface area contributed by atoms with E-state index in [4.69, 9.17) is 13.6 Å². The number of phosphoric ester groups is 1. The molecule has 0 radical (unpaired) electrons. The van der Waals surface area contributed by atoms with E-state index in [1.807, 2.05) is 18.2 Å². The first-order valence-electron chi connectivity index (χ1n) is 6.10. The molecule has 0 amide bonds. The number of pyridine rings is 1. The first-order valence-corrected chi connectivity index (χ1v) is 7.56. The molecule has 0 fully saturated rings. The van der Waals surface area contributed by atoms with Crippen LogP contribution in [-0.4, -0.2) is 18.2 Å². The smallest absolute Gasteiger partial charge is 0.404 e. The van der Waals surface area contributed by atoms with E-state index in [-0.39, 0.29) is 13.2 Å². The summed E-state index contributed by atoms with van der Waals surface area (Å²) in [5.74, 6) is 0.413. The highest BCUT2D eigenvalue weighted by atomic mass is 31.2. The number of rotatable bonds is 6. The van der Waals surface area contributed by atoms with Crippen LogP contribution in [0.5, 0.6) is 5.75 Å². The van der Waals surface area contributed by atoms with Gasteiger partial charge in [0.15, 0.2) is 0 Å². The van der Waals surface area contributed by atoms with Crippen LogP contribution in [0.2, 0.25) is 0 Å². The van der Waals surface area contributed by atoms with Crippen molar-refractivity contribution in [1.29, 1.82) is 0 Å². The molecule has 2 aromatic rings. The Bertz CT molecular complexity index is 592. The third kappa shape index (κ3) is 3.53. The van der Waals surface area contributed by atoms with Crippen LogP contribution in [0.4, 0.5) is 0 Å². The standard InChI is InChI=1S/C13H16NO4P/c1-3-16-19(15,17-4-2)18-12-8-7-11-6-5-9-14-13(11)10-12/h5-10H,3-4H2,1-2H3. The number of fused-ring (bicyclic) bond motifs is 1. The van der Waals surface area contributed by atoms with Crippen molar-refractivity contribution in [2.24, 2.45) is 0 Å². The van der Waals surface area contributed by atoms with Gasteiger partial charge in [-0.1, -0.05) is 6.07 Å². The van der Waals surface area contributed by atoms with E-state index in [0.717, 1.165) is 10.9 Å². The van der Waals surface area contributed by atoms with Gasteiger partial charge in [0.25, 0.3) is 0 Å². The molecule has 5 nitrogen and oxygen atoms in total. The molecule has 0 spiro atoms. The lowest BCUT2D eigenvalue weighted by atomic mass is 10.2. The Balaban J connectivity index is 2.26. The summed E-state index contributed by atoms with van der Waals surface area (Å²) in [6.07, 6.45) is 1.69. The molecule has 0 aliphatic rings. The zero-order valence-corrected chi connectivity index (χ0v) is 11.8. The second-order valence-electron chi connectivity index (χ2n) is 3.73. The number of aromatic nitrogens is 1. The van der Waals surface area contributed by atoms with E-state index in [2.05, 4.69) is 4.98 Å². The largest absolute Gasteiger partial charge is 0.530 e. The second kappa shape index (κ2) is 6.15. The zero-order chi connectivity index (χ0) is 13.7. The lowest BCUT2D eigenvalue weighted by molar-refractivity contribution is 0.167. The van der Waals surface area contributed by atoms with Gasteiger partial charge in [0.05, 0.1) is 18.7 Å². The molecule has 1 aromatic carbocycles. The van der Waals surface area contributed by atoms with E-state index in [9.17, 15) is 4.57 Å². The summed E-state index contributed by atoms with van der Waals surface area (Å²) in [4.78, 5) is 4.21. The number of nitrogens with zero attached hydrogens (tertiary/aromatic N) is 1. The van der Waals surface area contributed by atoms with Gasteiger partial charge in [0.1, 0.15) is 5.75 Å². The van der Waals surface area contributed by atoms with E-state index in [1.54, 1.807) is 32.2 Å². The molecule has 0 N–H and O–H groups in total. The first kappa shape index (κ1) is 14.0. The molecular weight excluding hydrogens is 265 g/mol. The minimum absolute atomic E-state index is 0.253. The molecule has 0 aliphatic heterocycles. The van der Waals surface area contributed by atoms with E-state index in [1.165, 1.54) is 0 Å². The van der Waals surface area contributed by atoms with Crippen LogP contribution in [-0.2, 0) is 13.6 Å². The highest BCUT2D eigenvalue weighted by Crippen LogP contribution is 2.49. The molecule has 1 heterocycles. The summed E-state index contributed by atoms with van der Waals surface area (Å²) >= 11 is 0. The monoisotopic (exact) mass is 281 g/mol. The summed E-state index contributed by atoms with van der Waals surface area (Å²) in [5.41, 5.74) is 0.763. The number of hydrogen-bond acceptors (Lipinski definition) is 5. The van der Waals surface area contributed by atoms with Crippen LogP contribution in [0, 0.1) is 0 Å². The lowest BCUT2D eigenvalue weighted by Crippen LogP contribution is -2.02. The van der Waals surface area contributed by atoms with Crippen molar-refractivity contribution in [1.82, 2.24) is 4.98 Å². The SMILES string of the molecule is CCOP(=O)(OCC)Oc1ccc2cccnc2c1. The minimum atomic E-state index is -3.55. The summed E-state index contributed by atoms with van der Waals surface area (Å²) in [6.45, 7) is 3.97. The number of benzene rings is 1. The van der Waals surface area contributed by atoms with Crippen LogP contribution >= 0.6 is 7.82 Å². The van der Waals surface area contributed by atoms with Crippen LogP contribution in [0.15, 0.2) is 36.5 Å². The third-order valence-electron chi connectivity index (χ3n) is 2.37. The molecule has 0 saturated carbocycles. The van der Waals surface area contributed by atoms with Gasteiger partial charge in [-0.3, -0.25) is 14.0 Å². The normalized spacial score (nSPS) is 11.7. The lowest BCUT2D eigenvalue weighted by Gasteiger charge is -2.17. The Labute approximate surface area is 112 Å². The molecule has 0 bridgehead atoms. The van der Waals surface area contributed by atoms with Gasteiger partial charge in [0.2, 0.25) is 0 Å². The molecule has 1 aromatic heterocycles. The molecule has 0 saturated heterocycles. The van der Waals surface area contributed by atoms with Crippen LogP contribution in [0.25, 0.3) is 10.9 Å². The van der Waals surface area contributed by atoms with E-state index >= 15 is 0 Å². The molecule has 0 unspecified atom stereocenters. The fourth-order valence-electron chi connectivity index (χ4n) is 1.64. The van der Waals surface area contributed by atoms with Gasteiger partial charge < -0.3 is 4.52 Å². The van der Waals surface area contributed by atoms with Gasteiger partial charge in [-0.25, -0.2) is 4.57 Å². The maximum Gasteiger partial charge on any atom is 0.530 e. The van der Waals surface area contributed by atoms with E-state index < -0.39 is 7.82 Å². The molecule has 0 atom stereocenters. The van der Waals surface area contributed by atoms with Crippen molar-refractivity contribution in [3.63, 3.8) is 0 Å². The maximum absolute atomic E-state index is 12.2. The summed E-state index contributed by atoms with van der Waals surface area (Å²) < 4.78 is 27.7. The Hall–Kier alpha value is -1.42. The fraction of sp³-hybridized carbons (Fsp3) is 0.308. The van der Waals surface area contributed by atoms with Crippen molar-refractivity contribution in [3.8, 4) is 5.75 Å². The fourth-order valence-corrected chi connectivity index (χ4v) is 2.82. The molecule has 2 rings (SSSR count). The molecule has 102 valence electrons. The average Bonchev–Trinajstić information content (AvgIpc) is 2.39. The van der Waals surface area contributed by atoms with Crippen molar-refractivity contribution >= 4 is 18.7 Å². The predicted molar refractivity (Wildman–Crippen MR) is 73.2 cm³/mol. The van der Waals surface area contributed by atoms with Crippen molar-refractivity contribution in [3.05, 3.63) is 36.5 Å². The Kier molecular flexibility index (Phi) is 4.53. The van der Waals surface area contributed by atoms with Crippen molar-refractivity contribution in [2.45, 2.75) is 13.8 Å². The molecule has 19 heavy (non-hydrogen) atoms. The van der Waals surface area contributed by atoms with Gasteiger partial charge in [-0.05, 0) is 32.0 Å². The quantitative estimate of drug-likeness (QED) is 0.754. The van der Waals surface area contributed by atoms with Gasteiger partial charge >= 0.3 is 7.82 Å². The van der Waals surface area contributed by atoms with Crippen molar-refractivity contribution in [2.75, 3.05) is 13.2 Å². The third-order valence-corrected chi connectivity index (χ3v) is 3.95. The summed E-state index contributed by atoms with van der Waals surface area (Å²) in [6, 6.07) is 9.07. The van der Waals surface area contributed by atoms with Gasteiger partial charge in [0, 0.05) is 17.6 Å². The second-order valence-corrected chi connectivity index (χ2v) is 5.33. The topological polar surface area (TPSA) is 57.7 Å². The minimum Gasteiger partial charge on any atom is -0.404 e. The van der Waals surface area contributed by atoms with Crippen molar-refractivity contribution < 1.29 is 18.1 Å². The first-order chi connectivity index (χ1) is 9.17. The average molecular weight is 281 g/mol.